The molecule has 1 aromatic carbocycles. The number of halogens is 1. The van der Waals surface area contributed by atoms with Crippen molar-refractivity contribution in [2.24, 2.45) is 5.73 Å². The van der Waals surface area contributed by atoms with Gasteiger partial charge in [0.1, 0.15) is 5.82 Å². The van der Waals surface area contributed by atoms with Crippen LogP contribution in [0.4, 0.5) is 4.39 Å². The predicted octanol–water partition coefficient (Wildman–Crippen LogP) is 0.718. The zero-order valence-electron chi connectivity index (χ0n) is 12.2. The highest BCUT2D eigenvalue weighted by molar-refractivity contribution is 5.38. The summed E-state index contributed by atoms with van der Waals surface area (Å²) < 4.78 is 19.3. The maximum absolute atomic E-state index is 13.6. The Morgan fingerprint density at radius 2 is 2.29 bits per heavy atom. The summed E-state index contributed by atoms with van der Waals surface area (Å²) >= 11 is 0. The largest absolute Gasteiger partial charge is 0.394 e. The van der Waals surface area contributed by atoms with Gasteiger partial charge in [-0.15, -0.1) is 0 Å². The van der Waals surface area contributed by atoms with Gasteiger partial charge in [-0.2, -0.15) is 0 Å². The van der Waals surface area contributed by atoms with Crippen LogP contribution in [0.15, 0.2) is 18.2 Å². The van der Waals surface area contributed by atoms with Gasteiger partial charge in [0, 0.05) is 19.6 Å². The Labute approximate surface area is 124 Å². The number of morpholine rings is 1. The molecule has 1 aliphatic heterocycles. The van der Waals surface area contributed by atoms with Crippen LogP contribution in [-0.2, 0) is 11.3 Å². The molecule has 2 atom stereocenters. The van der Waals surface area contributed by atoms with Crippen molar-refractivity contribution in [2.75, 3.05) is 26.2 Å². The Morgan fingerprint density at radius 3 is 3.00 bits per heavy atom. The molecule has 0 spiro atoms. The number of ether oxygens (including phenoxy) is 1. The van der Waals surface area contributed by atoms with Crippen molar-refractivity contribution in [1.29, 1.82) is 0 Å². The standard InChI is InChI=1S/C16H21FN2O2/c1-12-8-19(10-15(11-20)21-12)9-13-4-5-16(17)14(7-13)3-2-6-18/h4-5,7,12,15,20H,6,8-11,18H2,1H3. The maximum atomic E-state index is 13.6. The fraction of sp³-hybridized carbons (Fsp3) is 0.500. The van der Waals surface area contributed by atoms with E-state index in [9.17, 15) is 9.50 Å². The van der Waals surface area contributed by atoms with E-state index in [0.29, 0.717) is 18.7 Å². The number of aliphatic hydroxyl groups excluding tert-OH is 1. The van der Waals surface area contributed by atoms with E-state index in [4.69, 9.17) is 10.5 Å². The number of hydrogen-bond acceptors (Lipinski definition) is 4. The van der Waals surface area contributed by atoms with Crippen molar-refractivity contribution in [3.05, 3.63) is 35.1 Å². The van der Waals surface area contributed by atoms with E-state index >= 15 is 0 Å². The van der Waals surface area contributed by atoms with E-state index < -0.39 is 0 Å². The third kappa shape index (κ3) is 4.51. The molecule has 0 radical (unpaired) electrons. The molecule has 0 saturated carbocycles. The van der Waals surface area contributed by atoms with Crippen molar-refractivity contribution < 1.29 is 14.2 Å². The number of aliphatic hydroxyl groups is 1. The first kappa shape index (κ1) is 15.9. The fourth-order valence-electron chi connectivity index (χ4n) is 2.54. The van der Waals surface area contributed by atoms with E-state index in [1.807, 2.05) is 6.92 Å². The van der Waals surface area contributed by atoms with Gasteiger partial charge in [-0.05, 0) is 24.6 Å². The second kappa shape index (κ2) is 7.53. The minimum absolute atomic E-state index is 0.0114. The van der Waals surface area contributed by atoms with Gasteiger partial charge in [-0.3, -0.25) is 4.90 Å². The van der Waals surface area contributed by atoms with Gasteiger partial charge >= 0.3 is 0 Å². The summed E-state index contributed by atoms with van der Waals surface area (Å²) in [4.78, 5) is 2.20. The van der Waals surface area contributed by atoms with Crippen LogP contribution < -0.4 is 5.73 Å². The van der Waals surface area contributed by atoms with Gasteiger partial charge in [0.15, 0.2) is 0 Å². The molecule has 0 aliphatic carbocycles. The van der Waals surface area contributed by atoms with Crippen molar-refractivity contribution in [3.63, 3.8) is 0 Å². The van der Waals surface area contributed by atoms with Crippen molar-refractivity contribution in [1.82, 2.24) is 4.90 Å². The quantitative estimate of drug-likeness (QED) is 0.806. The van der Waals surface area contributed by atoms with Crippen molar-refractivity contribution in [3.8, 4) is 11.8 Å². The normalized spacial score (nSPS) is 22.7. The van der Waals surface area contributed by atoms with Crippen LogP contribution in [0.1, 0.15) is 18.1 Å². The first-order chi connectivity index (χ1) is 10.1. The summed E-state index contributed by atoms with van der Waals surface area (Å²) in [5, 5.41) is 9.24. The number of benzene rings is 1. The molecule has 1 fully saturated rings. The molecule has 21 heavy (non-hydrogen) atoms. The lowest BCUT2D eigenvalue weighted by molar-refractivity contribution is -0.0972. The molecule has 3 N–H and O–H groups in total. The molecule has 1 aliphatic rings. The van der Waals surface area contributed by atoms with Crippen molar-refractivity contribution >= 4 is 0 Å². The van der Waals surface area contributed by atoms with Gasteiger partial charge in [-0.25, -0.2) is 4.39 Å². The SMILES string of the molecule is CC1CN(Cc2ccc(F)c(C#CCN)c2)CC(CO)O1. The minimum atomic E-state index is -0.330. The van der Waals surface area contributed by atoms with Crippen LogP contribution in [-0.4, -0.2) is 48.5 Å². The molecule has 1 heterocycles. The molecule has 1 saturated heterocycles. The first-order valence-electron chi connectivity index (χ1n) is 7.08. The van der Waals surface area contributed by atoms with Gasteiger partial charge in [-0.1, -0.05) is 17.9 Å². The van der Waals surface area contributed by atoms with E-state index in [-0.39, 0.29) is 31.2 Å². The molecule has 0 amide bonds. The topological polar surface area (TPSA) is 58.7 Å². The van der Waals surface area contributed by atoms with E-state index in [0.717, 1.165) is 12.1 Å². The first-order valence-corrected chi connectivity index (χ1v) is 7.08. The van der Waals surface area contributed by atoms with E-state index in [1.54, 1.807) is 12.1 Å². The van der Waals surface area contributed by atoms with Gasteiger partial charge in [0.2, 0.25) is 0 Å². The highest BCUT2D eigenvalue weighted by Crippen LogP contribution is 2.16. The molecule has 2 rings (SSSR count). The van der Waals surface area contributed by atoms with E-state index in [1.165, 1.54) is 6.07 Å². The third-order valence-electron chi connectivity index (χ3n) is 3.37. The van der Waals surface area contributed by atoms with Gasteiger partial charge in [0.25, 0.3) is 0 Å². The average molecular weight is 292 g/mol. The molecule has 0 bridgehead atoms. The lowest BCUT2D eigenvalue weighted by atomic mass is 10.1. The monoisotopic (exact) mass is 292 g/mol. The molecule has 114 valence electrons. The Hall–Kier alpha value is -1.45. The second-order valence-corrected chi connectivity index (χ2v) is 5.27. The number of hydrogen-bond donors (Lipinski definition) is 2. The number of nitrogens with two attached hydrogens (primary N) is 1. The lowest BCUT2D eigenvalue weighted by Crippen LogP contribution is -2.47. The van der Waals surface area contributed by atoms with E-state index in [2.05, 4.69) is 16.7 Å². The molecule has 1 aromatic rings. The Kier molecular flexibility index (Phi) is 5.71. The summed E-state index contributed by atoms with van der Waals surface area (Å²) in [6, 6.07) is 4.95. The minimum Gasteiger partial charge on any atom is -0.394 e. The second-order valence-electron chi connectivity index (χ2n) is 5.27. The predicted molar refractivity (Wildman–Crippen MR) is 79.0 cm³/mol. The number of rotatable bonds is 3. The summed E-state index contributed by atoms with van der Waals surface area (Å²) in [5.74, 6) is 5.09. The molecule has 2 unspecified atom stereocenters. The third-order valence-corrected chi connectivity index (χ3v) is 3.37. The summed E-state index contributed by atoms with van der Waals surface area (Å²) in [7, 11) is 0. The zero-order chi connectivity index (χ0) is 15.2. The molecule has 4 nitrogen and oxygen atoms in total. The van der Waals surface area contributed by atoms with Crippen LogP contribution in [0.5, 0.6) is 0 Å². The van der Waals surface area contributed by atoms with Gasteiger partial charge in [0.05, 0.1) is 30.9 Å². The fourth-order valence-corrected chi connectivity index (χ4v) is 2.54. The van der Waals surface area contributed by atoms with Crippen molar-refractivity contribution in [2.45, 2.75) is 25.7 Å². The zero-order valence-corrected chi connectivity index (χ0v) is 12.2. The summed E-state index contributed by atoms with van der Waals surface area (Å²) in [5.41, 5.74) is 6.68. The molecule has 5 heteroatoms. The van der Waals surface area contributed by atoms with Crippen LogP contribution in [0.3, 0.4) is 0 Å². The molecular weight excluding hydrogens is 271 g/mol. The Bertz CT molecular complexity index is 539. The Morgan fingerprint density at radius 1 is 1.48 bits per heavy atom. The average Bonchev–Trinajstić information content (AvgIpc) is 2.47. The Balaban J connectivity index is 2.08. The molecular formula is C16H21FN2O2. The van der Waals surface area contributed by atoms with Gasteiger partial charge < -0.3 is 15.6 Å². The smallest absolute Gasteiger partial charge is 0.138 e. The maximum Gasteiger partial charge on any atom is 0.138 e. The molecule has 0 aromatic heterocycles. The van der Waals surface area contributed by atoms with Crippen LogP contribution in [0.25, 0.3) is 0 Å². The van der Waals surface area contributed by atoms with Crippen LogP contribution in [0.2, 0.25) is 0 Å². The lowest BCUT2D eigenvalue weighted by Gasteiger charge is -2.36. The highest BCUT2D eigenvalue weighted by atomic mass is 19.1. The highest BCUT2D eigenvalue weighted by Gasteiger charge is 2.24. The summed E-state index contributed by atoms with van der Waals surface area (Å²) in [6.45, 7) is 4.35. The van der Waals surface area contributed by atoms with Crippen LogP contribution >= 0.6 is 0 Å². The van der Waals surface area contributed by atoms with Crippen LogP contribution in [0, 0.1) is 17.7 Å². The summed E-state index contributed by atoms with van der Waals surface area (Å²) in [6.07, 6.45) is -0.0847. The number of nitrogens with zero attached hydrogens (tertiary/aromatic N) is 1.